The van der Waals surface area contributed by atoms with Crippen molar-refractivity contribution >= 4 is 24.0 Å². The smallest absolute Gasteiger partial charge is 0.487 e. The van der Waals surface area contributed by atoms with Gasteiger partial charge in [0.25, 0.3) is 0 Å². The van der Waals surface area contributed by atoms with Crippen LogP contribution in [-0.2, 0) is 6.61 Å². The van der Waals surface area contributed by atoms with Crippen LogP contribution in [0, 0.1) is 5.82 Å². The van der Waals surface area contributed by atoms with Gasteiger partial charge in [-0.2, -0.15) is 0 Å². The molecule has 2 aromatic rings. The van der Waals surface area contributed by atoms with E-state index in [2.05, 4.69) is 4.98 Å². The van der Waals surface area contributed by atoms with Gasteiger partial charge in [-0.3, -0.25) is 4.98 Å². The maximum atomic E-state index is 13.6. The summed E-state index contributed by atoms with van der Waals surface area (Å²) in [7, 11) is 0. The van der Waals surface area contributed by atoms with E-state index >= 15 is 0 Å². The third kappa shape index (κ3) is 5.22. The predicted molar refractivity (Wildman–Crippen MR) is 68.7 cm³/mol. The molecule has 0 atom stereocenters. The van der Waals surface area contributed by atoms with Crippen molar-refractivity contribution in [1.29, 1.82) is 0 Å². The third-order valence-electron chi connectivity index (χ3n) is 2.54. The number of pyridine rings is 1. The van der Waals surface area contributed by atoms with Crippen molar-refractivity contribution in [3.63, 3.8) is 0 Å². The Morgan fingerprint density at radius 1 is 1.19 bits per heavy atom. The van der Waals surface area contributed by atoms with Crippen LogP contribution in [0.3, 0.4) is 0 Å². The topological polar surface area (TPSA) is 22.1 Å². The first kappa shape index (κ1) is 18.9. The van der Waals surface area contributed by atoms with Gasteiger partial charge < -0.3 is 17.7 Å². The van der Waals surface area contributed by atoms with E-state index in [1.54, 1.807) is 0 Å². The van der Waals surface area contributed by atoms with Crippen LogP contribution in [-0.4, -0.2) is 12.0 Å². The molecule has 0 bridgehead atoms. The molecule has 0 aliphatic rings. The Kier molecular flexibility index (Phi) is 7.16. The van der Waals surface area contributed by atoms with Crippen LogP contribution in [0.4, 0.5) is 17.3 Å². The van der Waals surface area contributed by atoms with Gasteiger partial charge in [0.05, 0.1) is 11.2 Å². The van der Waals surface area contributed by atoms with E-state index in [9.17, 15) is 17.3 Å². The minimum absolute atomic E-state index is 0. The van der Waals surface area contributed by atoms with Crippen LogP contribution in [0.15, 0.2) is 36.7 Å². The van der Waals surface area contributed by atoms with Crippen LogP contribution >= 0.6 is 11.6 Å². The van der Waals surface area contributed by atoms with Gasteiger partial charge in [-0.15, -0.1) is 0 Å². The zero-order valence-corrected chi connectivity index (χ0v) is 14.9. The van der Waals surface area contributed by atoms with E-state index in [0.717, 1.165) is 12.3 Å². The minimum Gasteiger partial charge on any atom is -0.487 e. The molecular weight excluding hydrogens is 335 g/mol. The van der Waals surface area contributed by atoms with Gasteiger partial charge in [0.1, 0.15) is 18.2 Å². The number of benzene rings is 1. The predicted octanol–water partition coefficient (Wildman–Crippen LogP) is 0.511. The molecule has 0 amide bonds. The van der Waals surface area contributed by atoms with Crippen LogP contribution in [0.25, 0.3) is 0 Å². The quantitative estimate of drug-likeness (QED) is 0.596. The number of nitrogens with zero attached hydrogens (tertiary/aromatic N) is 1. The summed E-state index contributed by atoms with van der Waals surface area (Å²) in [6.07, 6.45) is 1.85. The molecule has 0 aliphatic carbocycles. The second kappa shape index (κ2) is 7.94. The van der Waals surface area contributed by atoms with Gasteiger partial charge in [0.2, 0.25) is 0 Å². The summed E-state index contributed by atoms with van der Waals surface area (Å²) < 4.78 is 56.3. The van der Waals surface area contributed by atoms with Crippen molar-refractivity contribution in [2.24, 2.45) is 0 Å². The summed E-state index contributed by atoms with van der Waals surface area (Å²) in [6, 6.07) is 5.16. The van der Waals surface area contributed by atoms with Crippen molar-refractivity contribution in [2.75, 3.05) is 0 Å². The van der Waals surface area contributed by atoms with Crippen molar-refractivity contribution in [3.8, 4) is 5.75 Å². The van der Waals surface area contributed by atoms with Gasteiger partial charge in [0, 0.05) is 11.8 Å². The molecule has 0 fully saturated rings. The fourth-order valence-electron chi connectivity index (χ4n) is 1.51. The SMILES string of the molecule is Fc1c(Cl)cccc1COc1cncc([B-](F)(F)F)c1.[K+]. The molecule has 9 heteroatoms. The molecule has 0 aliphatic heterocycles. The molecule has 0 radical (unpaired) electrons. The van der Waals surface area contributed by atoms with E-state index in [1.807, 2.05) is 0 Å². The number of hydrogen-bond acceptors (Lipinski definition) is 2. The van der Waals surface area contributed by atoms with E-state index in [-0.39, 0.29) is 74.3 Å². The number of rotatable bonds is 4. The first-order valence-corrected chi connectivity index (χ1v) is 5.96. The average Bonchev–Trinajstić information content (AvgIpc) is 2.40. The second-order valence-corrected chi connectivity index (χ2v) is 4.44. The normalized spacial score (nSPS) is 10.9. The maximum Gasteiger partial charge on any atom is 1.00 e. The Balaban J connectivity index is 0.00000220. The summed E-state index contributed by atoms with van der Waals surface area (Å²) in [4.78, 5) is 3.45. The Morgan fingerprint density at radius 3 is 2.57 bits per heavy atom. The molecule has 0 N–H and O–H groups in total. The zero-order chi connectivity index (χ0) is 14.8. The molecule has 21 heavy (non-hydrogen) atoms. The van der Waals surface area contributed by atoms with Gasteiger partial charge in [-0.25, -0.2) is 4.39 Å². The average molecular weight is 344 g/mol. The first-order valence-electron chi connectivity index (χ1n) is 5.58. The molecule has 1 aromatic heterocycles. The molecular formula is C12H8BClF4KNO. The Labute approximate surface area is 166 Å². The fraction of sp³-hybridized carbons (Fsp3) is 0.0833. The van der Waals surface area contributed by atoms with Crippen molar-refractivity contribution in [2.45, 2.75) is 6.61 Å². The van der Waals surface area contributed by atoms with Crippen molar-refractivity contribution in [1.82, 2.24) is 4.98 Å². The Bertz CT molecular complexity index is 626. The number of hydrogen-bond donors (Lipinski definition) is 0. The molecule has 1 heterocycles. The summed E-state index contributed by atoms with van der Waals surface area (Å²) in [5.41, 5.74) is -0.713. The molecule has 0 saturated carbocycles. The van der Waals surface area contributed by atoms with Gasteiger partial charge in [-0.05, 0) is 12.1 Å². The summed E-state index contributed by atoms with van der Waals surface area (Å²) >= 11 is 5.59. The molecule has 2 rings (SSSR count). The number of aromatic nitrogens is 1. The monoisotopic (exact) mass is 343 g/mol. The van der Waals surface area contributed by atoms with Crippen LogP contribution in [0.2, 0.25) is 5.02 Å². The molecule has 0 unspecified atom stereocenters. The van der Waals surface area contributed by atoms with E-state index < -0.39 is 18.3 Å². The van der Waals surface area contributed by atoms with E-state index in [4.69, 9.17) is 16.3 Å². The second-order valence-electron chi connectivity index (χ2n) is 4.03. The van der Waals surface area contributed by atoms with Crippen LogP contribution in [0.5, 0.6) is 5.75 Å². The van der Waals surface area contributed by atoms with Crippen molar-refractivity contribution < 1.29 is 73.5 Å². The number of halogens is 5. The molecule has 1 aromatic carbocycles. The summed E-state index contributed by atoms with van der Waals surface area (Å²) in [5, 5.41) is -0.0726. The van der Waals surface area contributed by atoms with Crippen LogP contribution in [0.1, 0.15) is 5.56 Å². The van der Waals surface area contributed by atoms with Gasteiger partial charge >= 0.3 is 58.4 Å². The van der Waals surface area contributed by atoms with Crippen LogP contribution < -0.4 is 61.6 Å². The fourth-order valence-corrected chi connectivity index (χ4v) is 1.71. The van der Waals surface area contributed by atoms with Crippen molar-refractivity contribution in [3.05, 3.63) is 53.1 Å². The zero-order valence-electron chi connectivity index (χ0n) is 11.0. The Hall–Kier alpha value is -0.119. The summed E-state index contributed by atoms with van der Waals surface area (Å²) in [6.45, 7) is -5.38. The third-order valence-corrected chi connectivity index (χ3v) is 2.83. The van der Waals surface area contributed by atoms with E-state index in [1.165, 1.54) is 18.2 Å². The minimum atomic E-state index is -5.15. The molecule has 0 saturated heterocycles. The Morgan fingerprint density at radius 2 is 1.90 bits per heavy atom. The number of ether oxygens (including phenoxy) is 1. The van der Waals surface area contributed by atoms with Gasteiger partial charge in [-0.1, -0.05) is 29.2 Å². The first-order chi connectivity index (χ1) is 9.38. The standard InChI is InChI=1S/C12H8BClF4NO.K/c14-11-3-1-2-8(12(11)15)7-20-10-4-9(5-19-6-10)13(16,17)18;/h1-6H,7H2;/q-1;+1. The molecule has 0 spiro atoms. The molecule has 2 nitrogen and oxygen atoms in total. The maximum absolute atomic E-state index is 13.6. The van der Waals surface area contributed by atoms with Gasteiger partial charge in [0.15, 0.2) is 0 Å². The molecule has 106 valence electrons. The largest absolute Gasteiger partial charge is 1.00 e. The summed E-state index contributed by atoms with van der Waals surface area (Å²) in [5.74, 6) is -0.737. The van der Waals surface area contributed by atoms with E-state index in [0.29, 0.717) is 6.20 Å².